The van der Waals surface area contributed by atoms with E-state index in [2.05, 4.69) is 5.32 Å². The van der Waals surface area contributed by atoms with Crippen molar-refractivity contribution < 1.29 is 27.9 Å². The zero-order valence-electron chi connectivity index (χ0n) is 23.5. The molecule has 0 aliphatic carbocycles. The van der Waals surface area contributed by atoms with Gasteiger partial charge in [0.2, 0.25) is 5.91 Å². The number of hydrogen-bond acceptors (Lipinski definition) is 5. The number of nitrogens with one attached hydrogen (secondary N) is 1. The first-order valence-electron chi connectivity index (χ1n) is 13.9. The minimum Gasteiger partial charge on any atom is -0.475 e. The van der Waals surface area contributed by atoms with E-state index < -0.39 is 12.1 Å². The van der Waals surface area contributed by atoms with E-state index in [9.17, 15) is 22.8 Å². The van der Waals surface area contributed by atoms with E-state index in [1.165, 1.54) is 0 Å². The molecule has 12 heteroatoms. The van der Waals surface area contributed by atoms with Crippen molar-refractivity contribution in [2.24, 2.45) is 5.92 Å². The molecular formula is C30H34F3N5O4. The molecule has 1 amide bonds. The van der Waals surface area contributed by atoms with E-state index in [0.29, 0.717) is 31.2 Å². The smallest absolute Gasteiger partial charge is 0.475 e. The standard InChI is InChI=1S/C28H33N5O2.C2HF3O2/c1-3-31(4-2)26(34)19-32-18-22(21-11-5-7-13-24(21)32)27-28(35)33(17-20-10-9-15-29-16-20)25-14-8-6-12-23(25)30-27;3-2(4,5)1(6)7/h5-8,11-14,18,20,29H,3-4,9-10,15-17,19H2,1-2H3;(H,6,7). The van der Waals surface area contributed by atoms with Crippen LogP contribution in [0.2, 0.25) is 0 Å². The molecule has 42 heavy (non-hydrogen) atoms. The van der Waals surface area contributed by atoms with E-state index in [-0.39, 0.29) is 18.0 Å². The average Bonchev–Trinajstić information content (AvgIpc) is 3.33. The Hall–Kier alpha value is -4.19. The number of nitrogens with zero attached hydrogens (tertiary/aromatic N) is 4. The van der Waals surface area contributed by atoms with Gasteiger partial charge in [-0.2, -0.15) is 13.2 Å². The summed E-state index contributed by atoms with van der Waals surface area (Å²) < 4.78 is 35.6. The average molecular weight is 586 g/mol. The Morgan fingerprint density at radius 2 is 1.71 bits per heavy atom. The van der Waals surface area contributed by atoms with Crippen LogP contribution < -0.4 is 10.9 Å². The monoisotopic (exact) mass is 585 g/mol. The van der Waals surface area contributed by atoms with Gasteiger partial charge in [0, 0.05) is 42.3 Å². The van der Waals surface area contributed by atoms with E-state index in [1.807, 2.05) is 82.6 Å². The summed E-state index contributed by atoms with van der Waals surface area (Å²) in [5.74, 6) is -2.28. The number of carboxylic acids is 1. The fourth-order valence-electron chi connectivity index (χ4n) is 5.28. The van der Waals surface area contributed by atoms with Crippen molar-refractivity contribution in [2.75, 3.05) is 26.2 Å². The summed E-state index contributed by atoms with van der Waals surface area (Å²) in [5, 5.41) is 11.5. The van der Waals surface area contributed by atoms with Crippen LogP contribution in [0.1, 0.15) is 26.7 Å². The number of aromatic nitrogens is 3. The number of amides is 1. The van der Waals surface area contributed by atoms with E-state index >= 15 is 0 Å². The maximum Gasteiger partial charge on any atom is 0.490 e. The molecule has 1 aliphatic heterocycles. The number of hydrogen-bond donors (Lipinski definition) is 2. The number of carbonyl (C=O) groups is 2. The molecule has 1 unspecified atom stereocenters. The Morgan fingerprint density at radius 3 is 2.33 bits per heavy atom. The van der Waals surface area contributed by atoms with Crippen molar-refractivity contribution in [1.29, 1.82) is 0 Å². The minimum atomic E-state index is -5.08. The van der Waals surface area contributed by atoms with Gasteiger partial charge in [-0.1, -0.05) is 30.3 Å². The molecule has 2 N–H and O–H groups in total. The van der Waals surface area contributed by atoms with Crippen LogP contribution in [0.3, 0.4) is 0 Å². The number of alkyl halides is 3. The van der Waals surface area contributed by atoms with Crippen molar-refractivity contribution in [3.8, 4) is 11.3 Å². The third-order valence-corrected chi connectivity index (χ3v) is 7.40. The van der Waals surface area contributed by atoms with Crippen LogP contribution in [-0.2, 0) is 22.7 Å². The van der Waals surface area contributed by atoms with Gasteiger partial charge in [0.1, 0.15) is 12.2 Å². The Bertz CT molecular complexity index is 1620. The summed E-state index contributed by atoms with van der Waals surface area (Å²) in [4.78, 5) is 42.4. The molecule has 2 aromatic carbocycles. The van der Waals surface area contributed by atoms with Crippen LogP contribution in [0, 0.1) is 5.92 Å². The van der Waals surface area contributed by atoms with E-state index in [1.54, 1.807) is 0 Å². The minimum absolute atomic E-state index is 0.0657. The van der Waals surface area contributed by atoms with Crippen molar-refractivity contribution in [3.63, 3.8) is 0 Å². The third kappa shape index (κ3) is 6.81. The Kier molecular flexibility index (Phi) is 9.66. The first-order chi connectivity index (χ1) is 20.0. The molecule has 224 valence electrons. The zero-order valence-corrected chi connectivity index (χ0v) is 23.5. The molecule has 3 heterocycles. The molecule has 5 rings (SSSR count). The lowest BCUT2D eigenvalue weighted by Crippen LogP contribution is -2.35. The van der Waals surface area contributed by atoms with Gasteiger partial charge in [0.05, 0.1) is 11.0 Å². The van der Waals surface area contributed by atoms with Crippen LogP contribution in [0.4, 0.5) is 13.2 Å². The Morgan fingerprint density at radius 1 is 1.07 bits per heavy atom. The number of rotatable bonds is 7. The maximum atomic E-state index is 13.9. The SMILES string of the molecule is CCN(CC)C(=O)Cn1cc(-c2nc3ccccc3n(CC3CCCNC3)c2=O)c2ccccc21.O=C(O)C(F)(F)F. The lowest BCUT2D eigenvalue weighted by atomic mass is 9.99. The lowest BCUT2D eigenvalue weighted by Gasteiger charge is -2.24. The predicted molar refractivity (Wildman–Crippen MR) is 154 cm³/mol. The number of piperidine rings is 1. The van der Waals surface area contributed by atoms with Crippen molar-refractivity contribution in [3.05, 3.63) is 65.1 Å². The second-order valence-corrected chi connectivity index (χ2v) is 10.1. The van der Waals surface area contributed by atoms with Gasteiger partial charge < -0.3 is 24.5 Å². The van der Waals surface area contributed by atoms with E-state index in [0.717, 1.165) is 53.4 Å². The summed E-state index contributed by atoms with van der Waals surface area (Å²) >= 11 is 0. The van der Waals surface area contributed by atoms with E-state index in [4.69, 9.17) is 14.9 Å². The lowest BCUT2D eigenvalue weighted by molar-refractivity contribution is -0.192. The van der Waals surface area contributed by atoms with Gasteiger partial charge in [-0.25, -0.2) is 9.78 Å². The molecule has 0 saturated carbocycles. The Balaban J connectivity index is 0.000000517. The molecule has 4 aromatic rings. The van der Waals surface area contributed by atoms with Gasteiger partial charge in [-0.15, -0.1) is 0 Å². The summed E-state index contributed by atoms with van der Waals surface area (Å²) in [6, 6.07) is 15.8. The molecule has 1 fully saturated rings. The van der Waals surface area contributed by atoms with Crippen LogP contribution >= 0.6 is 0 Å². The molecule has 1 atom stereocenters. The van der Waals surface area contributed by atoms with Gasteiger partial charge in [0.25, 0.3) is 5.56 Å². The molecular weight excluding hydrogens is 551 g/mol. The molecule has 0 radical (unpaired) electrons. The van der Waals surface area contributed by atoms with Gasteiger partial charge >= 0.3 is 12.1 Å². The number of fused-ring (bicyclic) bond motifs is 2. The molecule has 9 nitrogen and oxygen atoms in total. The van der Waals surface area contributed by atoms with Crippen LogP contribution in [0.15, 0.2) is 59.5 Å². The summed E-state index contributed by atoms with van der Waals surface area (Å²) in [6.45, 7) is 8.19. The normalized spacial score (nSPS) is 15.3. The number of carbonyl (C=O) groups excluding carboxylic acids is 1. The molecule has 0 bridgehead atoms. The van der Waals surface area contributed by atoms with Crippen LogP contribution in [0.25, 0.3) is 33.2 Å². The van der Waals surface area contributed by atoms with Gasteiger partial charge in [0.15, 0.2) is 0 Å². The highest BCUT2D eigenvalue weighted by atomic mass is 19.4. The third-order valence-electron chi connectivity index (χ3n) is 7.40. The number of halogens is 3. The van der Waals surface area contributed by atoms with Crippen LogP contribution in [0.5, 0.6) is 0 Å². The second kappa shape index (κ2) is 13.2. The van der Waals surface area contributed by atoms with Gasteiger partial charge in [-0.3, -0.25) is 9.59 Å². The highest BCUT2D eigenvalue weighted by Crippen LogP contribution is 2.29. The zero-order chi connectivity index (χ0) is 30.4. The first kappa shape index (κ1) is 30.8. The number of para-hydroxylation sites is 3. The highest BCUT2D eigenvalue weighted by molar-refractivity contribution is 5.96. The fraction of sp³-hybridized carbons (Fsp3) is 0.400. The predicted octanol–water partition coefficient (Wildman–Crippen LogP) is 4.52. The van der Waals surface area contributed by atoms with Crippen molar-refractivity contribution in [2.45, 2.75) is 46.0 Å². The Labute approximate surface area is 240 Å². The molecule has 2 aromatic heterocycles. The summed E-state index contributed by atoms with van der Waals surface area (Å²) in [7, 11) is 0. The van der Waals surface area contributed by atoms with Crippen molar-refractivity contribution in [1.82, 2.24) is 24.3 Å². The quantitative estimate of drug-likeness (QED) is 0.330. The fourth-order valence-corrected chi connectivity index (χ4v) is 5.28. The van der Waals surface area contributed by atoms with Crippen LogP contribution in [-0.4, -0.2) is 68.4 Å². The van der Waals surface area contributed by atoms with Gasteiger partial charge in [-0.05, 0) is 63.9 Å². The number of aliphatic carboxylic acids is 1. The summed E-state index contributed by atoms with van der Waals surface area (Å²) in [5.41, 5.74) is 3.75. The summed E-state index contributed by atoms with van der Waals surface area (Å²) in [6.07, 6.45) is -0.918. The molecule has 0 spiro atoms. The topological polar surface area (TPSA) is 109 Å². The first-order valence-corrected chi connectivity index (χ1v) is 13.9. The highest BCUT2D eigenvalue weighted by Gasteiger charge is 2.38. The molecule has 1 saturated heterocycles. The number of benzene rings is 2. The second-order valence-electron chi connectivity index (χ2n) is 10.1. The maximum absolute atomic E-state index is 13.9. The largest absolute Gasteiger partial charge is 0.490 e. The number of likely N-dealkylation sites (N-methyl/N-ethyl adjacent to an activating group) is 1. The number of carboxylic acid groups (broad SMARTS) is 1. The van der Waals surface area contributed by atoms with Crippen molar-refractivity contribution >= 4 is 33.8 Å². The molecule has 1 aliphatic rings.